The first-order valence-electron chi connectivity index (χ1n) is 12.2. The first kappa shape index (κ1) is 25.2. The van der Waals surface area contributed by atoms with E-state index in [1.807, 2.05) is 13.0 Å². The molecule has 1 amide bonds. The molecule has 2 N–H and O–H groups in total. The molecule has 0 saturated heterocycles. The summed E-state index contributed by atoms with van der Waals surface area (Å²) < 4.78 is 1.21. The third-order valence-electron chi connectivity index (χ3n) is 6.30. The molecule has 0 aliphatic heterocycles. The quantitative estimate of drug-likeness (QED) is 0.309. The van der Waals surface area contributed by atoms with Gasteiger partial charge in [0.25, 0.3) is 0 Å². The van der Waals surface area contributed by atoms with E-state index < -0.39 is 0 Å². The van der Waals surface area contributed by atoms with Gasteiger partial charge in [0.15, 0.2) is 0 Å². The van der Waals surface area contributed by atoms with Gasteiger partial charge in [-0.05, 0) is 55.4 Å². The van der Waals surface area contributed by atoms with Gasteiger partial charge in [0.05, 0.1) is 15.2 Å². The summed E-state index contributed by atoms with van der Waals surface area (Å²) in [6.07, 6.45) is 12.6. The number of benzene rings is 1. The van der Waals surface area contributed by atoms with E-state index in [0.717, 1.165) is 16.3 Å². The van der Waals surface area contributed by atoms with Crippen LogP contribution in [0.2, 0.25) is 0 Å². The summed E-state index contributed by atoms with van der Waals surface area (Å²) in [6, 6.07) is 6.59. The number of allylic oxidation sites excluding steroid dienone is 2. The van der Waals surface area contributed by atoms with Gasteiger partial charge in [0.1, 0.15) is 5.82 Å². The second kappa shape index (κ2) is 12.7. The van der Waals surface area contributed by atoms with Crippen molar-refractivity contribution in [2.24, 2.45) is 10.9 Å². The SMILES string of the molecule is C=C/C=C(\N=C/C)NCC(NC(=O)CCc1nc2ccc(C(C)C)cc2s1)C1CCCCC1. The van der Waals surface area contributed by atoms with Crippen LogP contribution in [0.15, 0.2) is 47.7 Å². The average Bonchev–Trinajstić information content (AvgIpc) is 3.23. The van der Waals surface area contributed by atoms with Crippen LogP contribution in [-0.4, -0.2) is 29.7 Å². The van der Waals surface area contributed by atoms with Crippen LogP contribution in [0.3, 0.4) is 0 Å². The molecule has 6 heteroatoms. The van der Waals surface area contributed by atoms with E-state index in [4.69, 9.17) is 4.98 Å². The Kier molecular flexibility index (Phi) is 9.67. The van der Waals surface area contributed by atoms with Crippen LogP contribution in [0.25, 0.3) is 10.2 Å². The molecule has 1 saturated carbocycles. The molecule has 1 unspecified atom stereocenters. The van der Waals surface area contributed by atoms with Crippen LogP contribution in [-0.2, 0) is 11.2 Å². The fraction of sp³-hybridized carbons (Fsp3) is 0.519. The lowest BCUT2D eigenvalue weighted by molar-refractivity contribution is -0.122. The Morgan fingerprint density at radius 3 is 2.79 bits per heavy atom. The van der Waals surface area contributed by atoms with Crippen molar-refractivity contribution >= 4 is 33.7 Å². The maximum Gasteiger partial charge on any atom is 0.220 e. The standard InChI is InChI=1S/C27H38N4OS/c1-5-10-25(28-6-2)29-18-23(20-11-8-7-9-12-20)30-26(32)15-16-27-31-22-14-13-21(19(3)4)17-24(22)33-27/h5-6,10,13-14,17,19-20,23,29H,1,7-9,11-12,15-16,18H2,2-4H3,(H,30,32)/b25-10+,28-6-. The van der Waals surface area contributed by atoms with Crippen LogP contribution < -0.4 is 10.6 Å². The van der Waals surface area contributed by atoms with Crippen LogP contribution in [0.1, 0.15) is 75.8 Å². The van der Waals surface area contributed by atoms with Crippen molar-refractivity contribution in [3.05, 3.63) is 53.3 Å². The van der Waals surface area contributed by atoms with Crippen molar-refractivity contribution < 1.29 is 4.79 Å². The zero-order valence-corrected chi connectivity index (χ0v) is 21.1. The lowest BCUT2D eigenvalue weighted by atomic mass is 9.83. The number of hydrogen-bond donors (Lipinski definition) is 2. The summed E-state index contributed by atoms with van der Waals surface area (Å²) in [5, 5.41) is 7.75. The maximum atomic E-state index is 12.9. The van der Waals surface area contributed by atoms with Crippen molar-refractivity contribution in [1.29, 1.82) is 0 Å². The molecule has 2 aromatic rings. The predicted molar refractivity (Wildman–Crippen MR) is 141 cm³/mol. The minimum atomic E-state index is 0.0991. The molecule has 1 fully saturated rings. The minimum absolute atomic E-state index is 0.0991. The van der Waals surface area contributed by atoms with E-state index >= 15 is 0 Å². The number of fused-ring (bicyclic) bond motifs is 1. The van der Waals surface area contributed by atoms with Crippen LogP contribution in [0.4, 0.5) is 0 Å². The number of aliphatic imine (C=N–C) groups is 1. The predicted octanol–water partition coefficient (Wildman–Crippen LogP) is 6.13. The zero-order chi connectivity index (χ0) is 23.6. The zero-order valence-electron chi connectivity index (χ0n) is 20.3. The molecular formula is C27H38N4OS. The van der Waals surface area contributed by atoms with Gasteiger partial charge in [-0.3, -0.25) is 4.79 Å². The van der Waals surface area contributed by atoms with E-state index in [9.17, 15) is 4.79 Å². The van der Waals surface area contributed by atoms with E-state index in [2.05, 4.69) is 54.3 Å². The second-order valence-corrected chi connectivity index (χ2v) is 10.2. The molecule has 1 aliphatic carbocycles. The normalized spacial score (nSPS) is 16.4. The molecule has 5 nitrogen and oxygen atoms in total. The molecule has 0 bridgehead atoms. The molecule has 33 heavy (non-hydrogen) atoms. The van der Waals surface area contributed by atoms with Gasteiger partial charge in [-0.25, -0.2) is 9.98 Å². The third kappa shape index (κ3) is 7.53. The van der Waals surface area contributed by atoms with Gasteiger partial charge in [-0.15, -0.1) is 11.3 Å². The highest BCUT2D eigenvalue weighted by Crippen LogP contribution is 2.28. The number of carbonyl (C=O) groups is 1. The van der Waals surface area contributed by atoms with Crippen molar-refractivity contribution in [3.63, 3.8) is 0 Å². The molecule has 0 spiro atoms. The van der Waals surface area contributed by atoms with Gasteiger partial charge in [-0.1, -0.05) is 51.8 Å². The Morgan fingerprint density at radius 2 is 2.09 bits per heavy atom. The maximum absolute atomic E-state index is 12.9. The average molecular weight is 467 g/mol. The molecule has 1 aromatic heterocycles. The van der Waals surface area contributed by atoms with E-state index in [0.29, 0.717) is 31.2 Å². The second-order valence-electron chi connectivity index (χ2n) is 9.12. The summed E-state index contributed by atoms with van der Waals surface area (Å²) >= 11 is 1.71. The molecule has 0 radical (unpaired) electrons. The van der Waals surface area contributed by atoms with Crippen LogP contribution in [0.5, 0.6) is 0 Å². The number of rotatable bonds is 11. The topological polar surface area (TPSA) is 66.4 Å². The number of aromatic nitrogens is 1. The Labute approximate surface area is 202 Å². The van der Waals surface area contributed by atoms with Gasteiger partial charge in [-0.2, -0.15) is 0 Å². The number of nitrogens with one attached hydrogen (secondary N) is 2. The molecule has 178 valence electrons. The Bertz CT molecular complexity index is 985. The molecule has 1 aliphatic rings. The summed E-state index contributed by atoms with van der Waals surface area (Å²) in [6.45, 7) is 10.7. The van der Waals surface area contributed by atoms with Crippen molar-refractivity contribution in [2.75, 3.05) is 6.54 Å². The van der Waals surface area contributed by atoms with E-state index in [-0.39, 0.29) is 11.9 Å². The van der Waals surface area contributed by atoms with Gasteiger partial charge < -0.3 is 10.6 Å². The molecule has 1 heterocycles. The Morgan fingerprint density at radius 1 is 1.30 bits per heavy atom. The number of nitrogens with zero attached hydrogens (tertiary/aromatic N) is 2. The third-order valence-corrected chi connectivity index (χ3v) is 7.38. The number of carbonyl (C=O) groups excluding carboxylic acids is 1. The smallest absolute Gasteiger partial charge is 0.220 e. The molecular weight excluding hydrogens is 428 g/mol. The highest BCUT2D eigenvalue weighted by atomic mass is 32.1. The number of aryl methyl sites for hydroxylation is 1. The first-order chi connectivity index (χ1) is 16.0. The monoisotopic (exact) mass is 466 g/mol. The van der Waals surface area contributed by atoms with Crippen LogP contribution >= 0.6 is 11.3 Å². The van der Waals surface area contributed by atoms with E-state index in [1.165, 1.54) is 42.4 Å². The lowest BCUT2D eigenvalue weighted by Gasteiger charge is -2.31. The molecule has 3 rings (SSSR count). The highest BCUT2D eigenvalue weighted by Gasteiger charge is 2.25. The number of hydrogen-bond acceptors (Lipinski definition) is 5. The first-order valence-corrected chi connectivity index (χ1v) is 13.1. The van der Waals surface area contributed by atoms with Gasteiger partial charge in [0, 0.05) is 31.6 Å². The summed E-state index contributed by atoms with van der Waals surface area (Å²) in [5.41, 5.74) is 2.36. The molecule has 1 aromatic carbocycles. The largest absolute Gasteiger partial charge is 0.368 e. The van der Waals surface area contributed by atoms with E-state index in [1.54, 1.807) is 23.6 Å². The number of amides is 1. The molecule has 1 atom stereocenters. The summed E-state index contributed by atoms with van der Waals surface area (Å²) in [5.74, 6) is 1.88. The van der Waals surface area contributed by atoms with Gasteiger partial charge in [0.2, 0.25) is 5.91 Å². The van der Waals surface area contributed by atoms with Gasteiger partial charge >= 0.3 is 0 Å². The lowest BCUT2D eigenvalue weighted by Crippen LogP contribution is -2.47. The Hall–Kier alpha value is -2.47. The number of thiazole rings is 1. The fourth-order valence-corrected chi connectivity index (χ4v) is 5.45. The summed E-state index contributed by atoms with van der Waals surface area (Å²) in [4.78, 5) is 22.0. The summed E-state index contributed by atoms with van der Waals surface area (Å²) in [7, 11) is 0. The van der Waals surface area contributed by atoms with Crippen molar-refractivity contribution in [2.45, 2.75) is 77.7 Å². The van der Waals surface area contributed by atoms with Crippen molar-refractivity contribution in [3.8, 4) is 0 Å². The van der Waals surface area contributed by atoms with Crippen molar-refractivity contribution in [1.82, 2.24) is 15.6 Å². The van der Waals surface area contributed by atoms with Crippen LogP contribution in [0, 0.1) is 5.92 Å². The highest BCUT2D eigenvalue weighted by molar-refractivity contribution is 7.18. The minimum Gasteiger partial charge on any atom is -0.368 e. The Balaban J connectivity index is 1.60. The fourth-order valence-electron chi connectivity index (χ4n) is 4.44.